The minimum Gasteiger partial charge on any atom is -0.396 e. The Hall–Kier alpha value is -0.120. The van der Waals surface area contributed by atoms with Crippen LogP contribution in [-0.4, -0.2) is 36.0 Å². The molecule has 3 N–H and O–H groups in total. The van der Waals surface area contributed by atoms with Crippen molar-refractivity contribution in [2.24, 2.45) is 5.41 Å². The molecule has 0 saturated carbocycles. The predicted octanol–water partition coefficient (Wildman–Crippen LogP) is 1.15. The molecule has 1 unspecified atom stereocenters. The zero-order valence-corrected chi connectivity index (χ0v) is 9.71. The molecule has 0 aliphatic heterocycles. The van der Waals surface area contributed by atoms with Crippen molar-refractivity contribution in [2.75, 3.05) is 19.8 Å². The molecule has 14 heavy (non-hydrogen) atoms. The van der Waals surface area contributed by atoms with Crippen molar-refractivity contribution < 1.29 is 10.2 Å². The van der Waals surface area contributed by atoms with E-state index in [9.17, 15) is 0 Å². The maximum atomic E-state index is 8.92. The molecule has 0 bridgehead atoms. The van der Waals surface area contributed by atoms with Crippen LogP contribution in [0.1, 0.15) is 40.0 Å². The molecule has 86 valence electrons. The number of hydrogen-bond donors (Lipinski definition) is 3. The molecule has 0 radical (unpaired) electrons. The van der Waals surface area contributed by atoms with Crippen LogP contribution in [0.4, 0.5) is 0 Å². The lowest BCUT2D eigenvalue weighted by molar-refractivity contribution is 0.195. The van der Waals surface area contributed by atoms with Gasteiger partial charge in [-0.3, -0.25) is 0 Å². The summed E-state index contributed by atoms with van der Waals surface area (Å²) in [6.45, 7) is 7.93. The highest BCUT2D eigenvalue weighted by Crippen LogP contribution is 2.21. The van der Waals surface area contributed by atoms with Crippen molar-refractivity contribution in [3.8, 4) is 0 Å². The van der Waals surface area contributed by atoms with E-state index >= 15 is 0 Å². The van der Waals surface area contributed by atoms with E-state index in [4.69, 9.17) is 10.2 Å². The van der Waals surface area contributed by atoms with Crippen molar-refractivity contribution in [2.45, 2.75) is 46.1 Å². The SMILES string of the molecule is CC(C)(C)C(CCO)NCCCCO. The number of nitrogens with one attached hydrogen (secondary N) is 1. The number of hydrogen-bond acceptors (Lipinski definition) is 3. The summed E-state index contributed by atoms with van der Waals surface area (Å²) in [6.07, 6.45) is 2.64. The first-order valence-electron chi connectivity index (χ1n) is 5.47. The lowest BCUT2D eigenvalue weighted by atomic mass is 9.85. The van der Waals surface area contributed by atoms with Gasteiger partial charge in [-0.2, -0.15) is 0 Å². The molecule has 0 rings (SSSR count). The fourth-order valence-corrected chi connectivity index (χ4v) is 1.48. The molecule has 0 aromatic heterocycles. The van der Waals surface area contributed by atoms with Crippen LogP contribution >= 0.6 is 0 Å². The fourth-order valence-electron chi connectivity index (χ4n) is 1.48. The highest BCUT2D eigenvalue weighted by Gasteiger charge is 2.22. The van der Waals surface area contributed by atoms with Gasteiger partial charge >= 0.3 is 0 Å². The first-order chi connectivity index (χ1) is 6.52. The van der Waals surface area contributed by atoms with Crippen LogP contribution in [0, 0.1) is 5.41 Å². The Kier molecular flexibility index (Phi) is 7.15. The first kappa shape index (κ1) is 13.9. The second-order valence-electron chi connectivity index (χ2n) is 4.82. The average molecular weight is 203 g/mol. The monoisotopic (exact) mass is 203 g/mol. The molecule has 0 heterocycles. The largest absolute Gasteiger partial charge is 0.396 e. The van der Waals surface area contributed by atoms with E-state index in [0.717, 1.165) is 25.8 Å². The van der Waals surface area contributed by atoms with Gasteiger partial charge in [0.25, 0.3) is 0 Å². The molecule has 0 aromatic carbocycles. The minimum atomic E-state index is 0.182. The van der Waals surface area contributed by atoms with Crippen LogP contribution in [0.5, 0.6) is 0 Å². The molecule has 0 aliphatic carbocycles. The second-order valence-corrected chi connectivity index (χ2v) is 4.82. The summed E-state index contributed by atoms with van der Waals surface area (Å²) in [5, 5.41) is 21.0. The lowest BCUT2D eigenvalue weighted by Crippen LogP contribution is -2.41. The van der Waals surface area contributed by atoms with Gasteiger partial charge in [-0.25, -0.2) is 0 Å². The Morgan fingerprint density at radius 1 is 1.07 bits per heavy atom. The maximum absolute atomic E-state index is 8.92. The Balaban J connectivity index is 3.74. The standard InChI is InChI=1S/C11H25NO2/c1-11(2,3)10(6-9-14)12-7-4-5-8-13/h10,12-14H,4-9H2,1-3H3. The molecule has 0 aromatic rings. The maximum Gasteiger partial charge on any atom is 0.0446 e. The smallest absolute Gasteiger partial charge is 0.0446 e. The van der Waals surface area contributed by atoms with E-state index < -0.39 is 0 Å². The average Bonchev–Trinajstić information content (AvgIpc) is 2.08. The van der Waals surface area contributed by atoms with Gasteiger partial charge in [0, 0.05) is 19.3 Å². The topological polar surface area (TPSA) is 52.5 Å². The van der Waals surface area contributed by atoms with Gasteiger partial charge in [0.1, 0.15) is 0 Å². The van der Waals surface area contributed by atoms with Crippen LogP contribution in [0.3, 0.4) is 0 Å². The van der Waals surface area contributed by atoms with Gasteiger partial charge in [0.15, 0.2) is 0 Å². The molecule has 0 spiro atoms. The number of unbranched alkanes of at least 4 members (excludes halogenated alkanes) is 1. The number of aliphatic hydroxyl groups excluding tert-OH is 2. The van der Waals surface area contributed by atoms with Gasteiger partial charge in [-0.15, -0.1) is 0 Å². The van der Waals surface area contributed by atoms with E-state index in [1.807, 2.05) is 0 Å². The zero-order valence-electron chi connectivity index (χ0n) is 9.71. The molecular formula is C11H25NO2. The third kappa shape index (κ3) is 6.35. The van der Waals surface area contributed by atoms with Crippen LogP contribution in [0.25, 0.3) is 0 Å². The van der Waals surface area contributed by atoms with E-state index in [1.54, 1.807) is 0 Å². The molecule has 3 nitrogen and oxygen atoms in total. The molecule has 3 heteroatoms. The van der Waals surface area contributed by atoms with E-state index in [2.05, 4.69) is 26.1 Å². The van der Waals surface area contributed by atoms with Gasteiger partial charge in [-0.05, 0) is 31.2 Å². The van der Waals surface area contributed by atoms with Crippen molar-refractivity contribution in [3.05, 3.63) is 0 Å². The van der Waals surface area contributed by atoms with Crippen molar-refractivity contribution in [3.63, 3.8) is 0 Å². The summed E-state index contributed by atoms with van der Waals surface area (Å²) in [7, 11) is 0. The molecule has 0 amide bonds. The molecular weight excluding hydrogens is 178 g/mol. The van der Waals surface area contributed by atoms with Gasteiger partial charge in [0.05, 0.1) is 0 Å². The van der Waals surface area contributed by atoms with Crippen LogP contribution in [0.15, 0.2) is 0 Å². The number of aliphatic hydroxyl groups is 2. The lowest BCUT2D eigenvalue weighted by Gasteiger charge is -2.31. The van der Waals surface area contributed by atoms with Crippen molar-refractivity contribution >= 4 is 0 Å². The third-order valence-electron chi connectivity index (χ3n) is 2.44. The fraction of sp³-hybridized carbons (Fsp3) is 1.00. The summed E-state index contributed by atoms with van der Waals surface area (Å²) >= 11 is 0. The first-order valence-corrected chi connectivity index (χ1v) is 5.47. The van der Waals surface area contributed by atoms with E-state index in [0.29, 0.717) is 6.04 Å². The predicted molar refractivity (Wildman–Crippen MR) is 59.3 cm³/mol. The van der Waals surface area contributed by atoms with Crippen LogP contribution in [-0.2, 0) is 0 Å². The van der Waals surface area contributed by atoms with Crippen LogP contribution < -0.4 is 5.32 Å². The zero-order chi connectivity index (χ0) is 11.0. The minimum absolute atomic E-state index is 0.182. The molecule has 1 atom stereocenters. The highest BCUT2D eigenvalue weighted by molar-refractivity contribution is 4.79. The number of rotatable bonds is 7. The normalized spacial score (nSPS) is 14.4. The summed E-state index contributed by atoms with van der Waals surface area (Å²) in [6, 6.07) is 0.353. The van der Waals surface area contributed by atoms with Gasteiger partial charge in [-0.1, -0.05) is 20.8 Å². The Bertz CT molecular complexity index is 132. The third-order valence-corrected chi connectivity index (χ3v) is 2.44. The molecule has 0 fully saturated rings. The second kappa shape index (κ2) is 7.21. The van der Waals surface area contributed by atoms with Crippen molar-refractivity contribution in [1.29, 1.82) is 0 Å². The van der Waals surface area contributed by atoms with E-state index in [-0.39, 0.29) is 18.6 Å². The Morgan fingerprint density at radius 3 is 2.14 bits per heavy atom. The summed E-state index contributed by atoms with van der Waals surface area (Å²) in [5.41, 5.74) is 0.182. The van der Waals surface area contributed by atoms with Crippen LogP contribution in [0.2, 0.25) is 0 Å². The molecule has 0 aliphatic rings. The quantitative estimate of drug-likeness (QED) is 0.544. The summed E-state index contributed by atoms with van der Waals surface area (Å²) in [5.74, 6) is 0. The van der Waals surface area contributed by atoms with Crippen molar-refractivity contribution in [1.82, 2.24) is 5.32 Å². The van der Waals surface area contributed by atoms with Gasteiger partial charge < -0.3 is 15.5 Å². The summed E-state index contributed by atoms with van der Waals surface area (Å²) < 4.78 is 0. The highest BCUT2D eigenvalue weighted by atomic mass is 16.3. The Morgan fingerprint density at radius 2 is 1.71 bits per heavy atom. The molecule has 0 saturated heterocycles. The van der Waals surface area contributed by atoms with E-state index in [1.165, 1.54) is 0 Å². The Labute approximate surface area is 87.5 Å². The van der Waals surface area contributed by atoms with Gasteiger partial charge in [0.2, 0.25) is 0 Å². The summed E-state index contributed by atoms with van der Waals surface area (Å²) in [4.78, 5) is 0.